The summed E-state index contributed by atoms with van der Waals surface area (Å²) in [5.41, 5.74) is 0. The van der Waals surface area contributed by atoms with Gasteiger partial charge in [0.15, 0.2) is 0 Å². The molecule has 0 saturated carbocycles. The summed E-state index contributed by atoms with van der Waals surface area (Å²) < 4.78 is 0. The summed E-state index contributed by atoms with van der Waals surface area (Å²) in [6.07, 6.45) is 3.60. The lowest BCUT2D eigenvalue weighted by Gasteiger charge is -2.21. The molecule has 2 amide bonds. The molecule has 6 heteroatoms. The van der Waals surface area contributed by atoms with Crippen molar-refractivity contribution in [3.8, 4) is 0 Å². The summed E-state index contributed by atoms with van der Waals surface area (Å²) in [6, 6.07) is 1.25. The highest BCUT2D eigenvalue weighted by Crippen LogP contribution is 2.06. The van der Waals surface area contributed by atoms with Crippen molar-refractivity contribution in [1.82, 2.24) is 20.2 Å². The Morgan fingerprint density at radius 2 is 2.12 bits per heavy atom. The van der Waals surface area contributed by atoms with E-state index in [9.17, 15) is 9.59 Å². The summed E-state index contributed by atoms with van der Waals surface area (Å²) in [5.74, 6) is 0.396. The molecule has 1 aliphatic rings. The van der Waals surface area contributed by atoms with E-state index in [0.717, 1.165) is 0 Å². The van der Waals surface area contributed by atoms with Gasteiger partial charge >= 0.3 is 0 Å². The first kappa shape index (κ1) is 11.5. The fraction of sp³-hybridized carbons (Fsp3) is 0.455. The average Bonchev–Trinajstić information content (AvgIpc) is 2.44. The van der Waals surface area contributed by atoms with E-state index in [0.29, 0.717) is 25.3 Å². The first-order valence-corrected chi connectivity index (χ1v) is 5.51. The number of carbonyl (C=O) groups is 2. The van der Waals surface area contributed by atoms with E-state index < -0.39 is 6.04 Å². The Morgan fingerprint density at radius 3 is 2.82 bits per heavy atom. The molecule has 2 rings (SSSR count). The summed E-state index contributed by atoms with van der Waals surface area (Å²) >= 11 is 0. The summed E-state index contributed by atoms with van der Waals surface area (Å²) in [7, 11) is 0. The van der Waals surface area contributed by atoms with Gasteiger partial charge in [-0.15, -0.1) is 0 Å². The molecule has 1 saturated heterocycles. The second-order valence-electron chi connectivity index (χ2n) is 3.96. The zero-order chi connectivity index (χ0) is 12.3. The predicted octanol–water partition coefficient (Wildman–Crippen LogP) is -0.286. The molecule has 0 radical (unpaired) electrons. The van der Waals surface area contributed by atoms with E-state index in [2.05, 4.69) is 15.3 Å². The lowest BCUT2D eigenvalue weighted by atomic mass is 10.3. The lowest BCUT2D eigenvalue weighted by molar-refractivity contribution is -0.133. The normalized spacial score (nSPS) is 21.0. The van der Waals surface area contributed by atoms with E-state index >= 15 is 0 Å². The summed E-state index contributed by atoms with van der Waals surface area (Å²) in [5, 5.41) is 2.64. The maximum atomic E-state index is 12.0. The third-order valence-corrected chi connectivity index (χ3v) is 2.62. The standard InChI is InChI=1S/C11H14N4O2/c1-8-11(17)15(6-3-10(16)14-8)7-9-12-4-2-5-13-9/h2,4-5,8H,3,6-7H2,1H3,(H,14,16). The highest BCUT2D eigenvalue weighted by atomic mass is 16.2. The summed E-state index contributed by atoms with van der Waals surface area (Å²) in [4.78, 5) is 33.0. The molecule has 1 aromatic heterocycles. The largest absolute Gasteiger partial charge is 0.345 e. The van der Waals surface area contributed by atoms with Crippen LogP contribution in [0.3, 0.4) is 0 Å². The molecule has 90 valence electrons. The summed E-state index contributed by atoms with van der Waals surface area (Å²) in [6.45, 7) is 2.44. The molecule has 1 fully saturated rings. The van der Waals surface area contributed by atoms with Gasteiger partial charge < -0.3 is 10.2 Å². The van der Waals surface area contributed by atoms with E-state index in [1.165, 1.54) is 0 Å². The van der Waals surface area contributed by atoms with Gasteiger partial charge in [0.25, 0.3) is 0 Å². The number of hydrogen-bond acceptors (Lipinski definition) is 4. The zero-order valence-corrected chi connectivity index (χ0v) is 9.59. The van der Waals surface area contributed by atoms with Crippen molar-refractivity contribution < 1.29 is 9.59 Å². The van der Waals surface area contributed by atoms with Gasteiger partial charge in [0.1, 0.15) is 11.9 Å². The smallest absolute Gasteiger partial charge is 0.245 e. The van der Waals surface area contributed by atoms with Gasteiger partial charge in [0.05, 0.1) is 6.54 Å². The van der Waals surface area contributed by atoms with Gasteiger partial charge in [0, 0.05) is 25.4 Å². The van der Waals surface area contributed by atoms with Crippen LogP contribution in [0.4, 0.5) is 0 Å². The molecule has 1 unspecified atom stereocenters. The van der Waals surface area contributed by atoms with Crippen molar-refractivity contribution in [2.45, 2.75) is 25.9 Å². The number of rotatable bonds is 2. The van der Waals surface area contributed by atoms with Crippen LogP contribution in [0, 0.1) is 0 Å². The van der Waals surface area contributed by atoms with Crippen LogP contribution in [-0.2, 0) is 16.1 Å². The quantitative estimate of drug-likeness (QED) is 0.763. The molecule has 17 heavy (non-hydrogen) atoms. The first-order chi connectivity index (χ1) is 8.16. The molecule has 6 nitrogen and oxygen atoms in total. The Morgan fingerprint density at radius 1 is 1.41 bits per heavy atom. The van der Waals surface area contributed by atoms with Crippen molar-refractivity contribution >= 4 is 11.8 Å². The molecule has 0 aliphatic carbocycles. The minimum Gasteiger partial charge on any atom is -0.345 e. The number of nitrogens with zero attached hydrogens (tertiary/aromatic N) is 3. The van der Waals surface area contributed by atoms with Crippen LogP contribution in [0.1, 0.15) is 19.2 Å². The van der Waals surface area contributed by atoms with E-state index in [4.69, 9.17) is 0 Å². The van der Waals surface area contributed by atoms with Gasteiger partial charge in [-0.3, -0.25) is 9.59 Å². The van der Waals surface area contributed by atoms with Crippen LogP contribution in [0.15, 0.2) is 18.5 Å². The average molecular weight is 234 g/mol. The Labute approximate surface area is 99.1 Å². The molecule has 1 aromatic rings. The molecule has 0 aromatic carbocycles. The fourth-order valence-electron chi connectivity index (χ4n) is 1.74. The highest BCUT2D eigenvalue weighted by Gasteiger charge is 2.26. The second-order valence-corrected chi connectivity index (χ2v) is 3.96. The van der Waals surface area contributed by atoms with Gasteiger partial charge in [-0.1, -0.05) is 0 Å². The van der Waals surface area contributed by atoms with E-state index in [-0.39, 0.29) is 11.8 Å². The van der Waals surface area contributed by atoms with Crippen molar-refractivity contribution in [1.29, 1.82) is 0 Å². The van der Waals surface area contributed by atoms with Gasteiger partial charge in [-0.2, -0.15) is 0 Å². The Balaban J connectivity index is 2.09. The molecule has 1 aliphatic heterocycles. The number of carbonyl (C=O) groups excluding carboxylic acids is 2. The van der Waals surface area contributed by atoms with Crippen LogP contribution in [-0.4, -0.2) is 39.3 Å². The minimum absolute atomic E-state index is 0.0942. The monoisotopic (exact) mass is 234 g/mol. The lowest BCUT2D eigenvalue weighted by Crippen LogP contribution is -2.42. The van der Waals surface area contributed by atoms with Crippen molar-refractivity contribution in [3.05, 3.63) is 24.3 Å². The SMILES string of the molecule is CC1NC(=O)CCN(Cc2ncccn2)C1=O. The van der Waals surface area contributed by atoms with Gasteiger partial charge in [0.2, 0.25) is 11.8 Å². The Bertz CT molecular complexity index is 421. The van der Waals surface area contributed by atoms with Crippen molar-refractivity contribution in [3.63, 3.8) is 0 Å². The van der Waals surface area contributed by atoms with Crippen molar-refractivity contribution in [2.75, 3.05) is 6.54 Å². The molecule has 1 N–H and O–H groups in total. The van der Waals surface area contributed by atoms with E-state index in [1.807, 2.05) is 0 Å². The van der Waals surface area contributed by atoms with Crippen molar-refractivity contribution in [2.24, 2.45) is 0 Å². The predicted molar refractivity (Wildman–Crippen MR) is 59.7 cm³/mol. The number of hydrogen-bond donors (Lipinski definition) is 1. The maximum Gasteiger partial charge on any atom is 0.245 e. The number of amides is 2. The van der Waals surface area contributed by atoms with Gasteiger partial charge in [-0.25, -0.2) is 9.97 Å². The van der Waals surface area contributed by atoms with Crippen LogP contribution in [0.2, 0.25) is 0 Å². The molecule has 1 atom stereocenters. The van der Waals surface area contributed by atoms with Crippen LogP contribution in [0.25, 0.3) is 0 Å². The molecular formula is C11H14N4O2. The topological polar surface area (TPSA) is 75.2 Å². The first-order valence-electron chi connectivity index (χ1n) is 5.51. The van der Waals surface area contributed by atoms with Gasteiger partial charge in [-0.05, 0) is 13.0 Å². The Hall–Kier alpha value is -1.98. The molecule has 0 spiro atoms. The zero-order valence-electron chi connectivity index (χ0n) is 9.59. The highest BCUT2D eigenvalue weighted by molar-refractivity contribution is 5.89. The molecule has 2 heterocycles. The minimum atomic E-state index is -0.478. The number of nitrogens with one attached hydrogen (secondary N) is 1. The third kappa shape index (κ3) is 2.77. The second kappa shape index (κ2) is 4.90. The maximum absolute atomic E-state index is 12.0. The Kier molecular flexibility index (Phi) is 3.32. The van der Waals surface area contributed by atoms with Crippen LogP contribution >= 0.6 is 0 Å². The van der Waals surface area contributed by atoms with Crippen LogP contribution < -0.4 is 5.32 Å². The van der Waals surface area contributed by atoms with E-state index in [1.54, 1.807) is 30.3 Å². The third-order valence-electron chi connectivity index (χ3n) is 2.62. The number of aromatic nitrogens is 2. The fourth-order valence-corrected chi connectivity index (χ4v) is 1.74. The van der Waals surface area contributed by atoms with Crippen LogP contribution in [0.5, 0.6) is 0 Å². The molecule has 0 bridgehead atoms. The molecular weight excluding hydrogens is 220 g/mol.